The molecule has 0 heterocycles. The van der Waals surface area contributed by atoms with E-state index in [2.05, 4.69) is 34.6 Å². The zero-order valence-corrected chi connectivity index (χ0v) is 42.5. The van der Waals surface area contributed by atoms with Gasteiger partial charge in [0.2, 0.25) is 0 Å². The summed E-state index contributed by atoms with van der Waals surface area (Å²) in [6, 6.07) is 0. The Morgan fingerprint density at radius 1 is 0.339 bits per heavy atom. The molecule has 0 N–H and O–H groups in total. The van der Waals surface area contributed by atoms with Gasteiger partial charge < -0.3 is 14.2 Å². The fourth-order valence-electron chi connectivity index (χ4n) is 8.49. The van der Waals surface area contributed by atoms with Gasteiger partial charge in [0.25, 0.3) is 0 Å². The van der Waals surface area contributed by atoms with E-state index in [4.69, 9.17) is 14.2 Å². The number of hydrogen-bond donors (Lipinski definition) is 0. The molecule has 62 heavy (non-hydrogen) atoms. The van der Waals surface area contributed by atoms with E-state index in [0.717, 1.165) is 69.6 Å². The zero-order valence-electron chi connectivity index (χ0n) is 42.5. The molecule has 1 unspecified atom stereocenters. The number of carbonyl (C=O) groups is 3. The highest BCUT2D eigenvalue weighted by molar-refractivity contribution is 5.71. The van der Waals surface area contributed by atoms with Crippen molar-refractivity contribution >= 4 is 17.9 Å². The second-order valence-corrected chi connectivity index (χ2v) is 19.9. The number of carbonyl (C=O) groups excluding carboxylic acids is 3. The molecular formula is C56H108O6. The third-order valence-electron chi connectivity index (χ3n) is 13.1. The maximum atomic E-state index is 12.8. The van der Waals surface area contributed by atoms with Crippen molar-refractivity contribution in [2.45, 2.75) is 317 Å². The molecule has 0 bridgehead atoms. The maximum Gasteiger partial charge on any atom is 0.306 e. The molecule has 0 rings (SSSR count). The molecule has 0 aromatic carbocycles. The van der Waals surface area contributed by atoms with Gasteiger partial charge in [0.1, 0.15) is 13.2 Å². The predicted octanol–water partition coefficient (Wildman–Crippen LogP) is 18.1. The molecular weight excluding hydrogens is 769 g/mol. The minimum absolute atomic E-state index is 0.0636. The van der Waals surface area contributed by atoms with Crippen LogP contribution >= 0.6 is 0 Å². The summed E-state index contributed by atoms with van der Waals surface area (Å²) in [5, 5.41) is 0. The molecule has 0 amide bonds. The minimum Gasteiger partial charge on any atom is -0.462 e. The number of hydrogen-bond acceptors (Lipinski definition) is 6. The van der Waals surface area contributed by atoms with Gasteiger partial charge in [-0.1, -0.05) is 272 Å². The van der Waals surface area contributed by atoms with E-state index in [-0.39, 0.29) is 31.1 Å². The molecule has 0 saturated carbocycles. The van der Waals surface area contributed by atoms with Crippen molar-refractivity contribution in [3.63, 3.8) is 0 Å². The van der Waals surface area contributed by atoms with Crippen LogP contribution in [0.1, 0.15) is 311 Å². The van der Waals surface area contributed by atoms with Crippen LogP contribution in [0.3, 0.4) is 0 Å². The Hall–Kier alpha value is -1.59. The fraction of sp³-hybridized carbons (Fsp3) is 0.946. The molecule has 6 heteroatoms. The summed E-state index contributed by atoms with van der Waals surface area (Å²) < 4.78 is 16.9. The van der Waals surface area contributed by atoms with E-state index in [1.807, 2.05) is 0 Å². The Balaban J connectivity index is 4.28. The topological polar surface area (TPSA) is 78.9 Å². The molecule has 0 aliphatic rings. The summed E-state index contributed by atoms with van der Waals surface area (Å²) in [6.07, 6.45) is 50.9. The van der Waals surface area contributed by atoms with Crippen molar-refractivity contribution in [3.05, 3.63) is 0 Å². The Morgan fingerprint density at radius 3 is 0.919 bits per heavy atom. The lowest BCUT2D eigenvalue weighted by Gasteiger charge is -2.18. The quantitative estimate of drug-likeness (QED) is 0.0344. The van der Waals surface area contributed by atoms with Crippen LogP contribution in [0.15, 0.2) is 0 Å². The maximum absolute atomic E-state index is 12.8. The van der Waals surface area contributed by atoms with Gasteiger partial charge in [-0.15, -0.1) is 0 Å². The Morgan fingerprint density at radius 2 is 0.613 bits per heavy atom. The molecule has 0 saturated heterocycles. The SMILES string of the molecule is CCCCCCCCCCCCCCCCCCCCC(=O)OC[C@H](COC(=O)CCCCCCCCCCCCC(C)CC)OC(=O)CCCCCCCCCCCC(C)C. The van der Waals surface area contributed by atoms with Gasteiger partial charge in [-0.3, -0.25) is 14.4 Å². The average molecular weight is 877 g/mol. The van der Waals surface area contributed by atoms with Gasteiger partial charge >= 0.3 is 17.9 Å². The Bertz CT molecular complexity index is 949. The predicted molar refractivity (Wildman–Crippen MR) is 266 cm³/mol. The van der Waals surface area contributed by atoms with E-state index in [1.54, 1.807) is 0 Å². The van der Waals surface area contributed by atoms with Crippen LogP contribution in [0.5, 0.6) is 0 Å². The zero-order chi connectivity index (χ0) is 45.4. The lowest BCUT2D eigenvalue weighted by Crippen LogP contribution is -2.30. The first-order valence-electron chi connectivity index (χ1n) is 27.8. The van der Waals surface area contributed by atoms with Gasteiger partial charge in [-0.25, -0.2) is 0 Å². The van der Waals surface area contributed by atoms with Crippen LogP contribution in [0.2, 0.25) is 0 Å². The van der Waals surface area contributed by atoms with Crippen LogP contribution in [0.4, 0.5) is 0 Å². The number of rotatable bonds is 50. The van der Waals surface area contributed by atoms with Crippen molar-refractivity contribution in [2.24, 2.45) is 11.8 Å². The van der Waals surface area contributed by atoms with Crippen LogP contribution in [0.25, 0.3) is 0 Å². The van der Waals surface area contributed by atoms with Gasteiger partial charge in [0, 0.05) is 19.3 Å². The van der Waals surface area contributed by atoms with E-state index >= 15 is 0 Å². The molecule has 6 nitrogen and oxygen atoms in total. The van der Waals surface area contributed by atoms with Crippen molar-refractivity contribution in [2.75, 3.05) is 13.2 Å². The highest BCUT2D eigenvalue weighted by Gasteiger charge is 2.19. The smallest absolute Gasteiger partial charge is 0.306 e. The van der Waals surface area contributed by atoms with E-state index in [0.29, 0.717) is 19.3 Å². The Kier molecular flexibility index (Phi) is 47.6. The van der Waals surface area contributed by atoms with Gasteiger partial charge in [0.05, 0.1) is 0 Å². The summed E-state index contributed by atoms with van der Waals surface area (Å²) in [6.45, 7) is 11.4. The standard InChI is InChI=1S/C56H108O6/c1-6-8-9-10-11-12-13-14-15-16-17-18-19-20-26-31-36-41-46-54(57)60-49-53(62-56(59)48-43-38-33-28-23-24-29-34-39-44-51(3)4)50-61-55(58)47-42-37-32-27-22-21-25-30-35-40-45-52(5)7-2/h51-53H,6-50H2,1-5H3/t52?,53-/m1/s1. The summed E-state index contributed by atoms with van der Waals surface area (Å²) in [5.41, 5.74) is 0. The molecule has 0 aromatic heterocycles. The highest BCUT2D eigenvalue weighted by atomic mass is 16.6. The van der Waals surface area contributed by atoms with Gasteiger partial charge in [0.15, 0.2) is 6.10 Å². The van der Waals surface area contributed by atoms with Crippen LogP contribution in [-0.4, -0.2) is 37.2 Å². The van der Waals surface area contributed by atoms with E-state index < -0.39 is 6.10 Å². The van der Waals surface area contributed by atoms with E-state index in [9.17, 15) is 14.4 Å². The van der Waals surface area contributed by atoms with E-state index in [1.165, 1.54) is 199 Å². The summed E-state index contributed by atoms with van der Waals surface area (Å²) in [4.78, 5) is 38.0. The summed E-state index contributed by atoms with van der Waals surface area (Å²) in [7, 11) is 0. The minimum atomic E-state index is -0.763. The largest absolute Gasteiger partial charge is 0.462 e. The van der Waals surface area contributed by atoms with Crippen molar-refractivity contribution in [3.8, 4) is 0 Å². The monoisotopic (exact) mass is 877 g/mol. The van der Waals surface area contributed by atoms with Crippen molar-refractivity contribution < 1.29 is 28.6 Å². The molecule has 0 aromatic rings. The van der Waals surface area contributed by atoms with Gasteiger partial charge in [-0.2, -0.15) is 0 Å². The van der Waals surface area contributed by atoms with Crippen molar-refractivity contribution in [1.82, 2.24) is 0 Å². The molecule has 0 fully saturated rings. The number of esters is 3. The normalized spacial score (nSPS) is 12.5. The summed E-state index contributed by atoms with van der Waals surface area (Å²) in [5.74, 6) is 0.830. The first kappa shape index (κ1) is 60.4. The lowest BCUT2D eigenvalue weighted by molar-refractivity contribution is -0.167. The van der Waals surface area contributed by atoms with Crippen molar-refractivity contribution in [1.29, 1.82) is 0 Å². The first-order chi connectivity index (χ1) is 30.3. The molecule has 0 radical (unpaired) electrons. The number of unbranched alkanes of at least 4 members (excludes halogenated alkanes) is 34. The average Bonchev–Trinajstić information content (AvgIpc) is 3.26. The molecule has 2 atom stereocenters. The summed E-state index contributed by atoms with van der Waals surface area (Å²) >= 11 is 0. The van der Waals surface area contributed by atoms with Crippen LogP contribution in [0, 0.1) is 11.8 Å². The first-order valence-corrected chi connectivity index (χ1v) is 27.8. The third-order valence-corrected chi connectivity index (χ3v) is 13.1. The Labute approximate surface area is 387 Å². The lowest BCUT2D eigenvalue weighted by atomic mass is 9.99. The highest BCUT2D eigenvalue weighted by Crippen LogP contribution is 2.18. The molecule has 368 valence electrons. The van der Waals surface area contributed by atoms with Crippen LogP contribution in [-0.2, 0) is 28.6 Å². The second kappa shape index (κ2) is 48.9. The fourth-order valence-corrected chi connectivity index (χ4v) is 8.49. The third kappa shape index (κ3) is 47.9. The van der Waals surface area contributed by atoms with Crippen LogP contribution < -0.4 is 0 Å². The molecule has 0 aliphatic carbocycles. The number of ether oxygens (including phenoxy) is 3. The van der Waals surface area contributed by atoms with Gasteiger partial charge in [-0.05, 0) is 31.1 Å². The molecule has 0 aliphatic heterocycles. The second-order valence-electron chi connectivity index (χ2n) is 19.9. The molecule has 0 spiro atoms.